The van der Waals surface area contributed by atoms with E-state index in [0.29, 0.717) is 13.2 Å². The zero-order valence-corrected chi connectivity index (χ0v) is 10.2. The monoisotopic (exact) mass is 249 g/mol. The van der Waals surface area contributed by atoms with Gasteiger partial charge in [0.05, 0.1) is 20.3 Å². The Morgan fingerprint density at radius 2 is 2.31 bits per heavy atom. The summed E-state index contributed by atoms with van der Waals surface area (Å²) >= 11 is 5.62. The molecule has 1 fully saturated rings. The molecule has 5 nitrogen and oxygen atoms in total. The molecular formula is C10H16ClNO4. The summed E-state index contributed by atoms with van der Waals surface area (Å²) < 4.78 is 9.80. The number of halogens is 1. The lowest BCUT2D eigenvalue weighted by molar-refractivity contribution is -0.163. The zero-order chi connectivity index (χ0) is 12.1. The smallest absolute Gasteiger partial charge is 0.336 e. The van der Waals surface area contributed by atoms with Crippen LogP contribution in [0.3, 0.4) is 0 Å². The Morgan fingerprint density at radius 3 is 2.88 bits per heavy atom. The highest BCUT2D eigenvalue weighted by Gasteiger charge is 2.31. The predicted octanol–water partition coefficient (Wildman–Crippen LogP) is 0.262. The van der Waals surface area contributed by atoms with E-state index in [1.54, 1.807) is 11.8 Å². The van der Waals surface area contributed by atoms with Crippen molar-refractivity contribution in [2.24, 2.45) is 5.92 Å². The van der Waals surface area contributed by atoms with E-state index in [0.717, 1.165) is 0 Å². The number of carbonyl (C=O) groups is 2. The maximum absolute atomic E-state index is 11.8. The minimum atomic E-state index is -0.676. The third-order valence-corrected chi connectivity index (χ3v) is 2.96. The number of morpholine rings is 1. The van der Waals surface area contributed by atoms with E-state index in [2.05, 4.69) is 4.74 Å². The molecule has 0 aromatic rings. The number of alkyl halides is 1. The van der Waals surface area contributed by atoms with Crippen LogP contribution in [0.15, 0.2) is 0 Å². The Bertz CT molecular complexity index is 272. The van der Waals surface area contributed by atoms with Gasteiger partial charge in [-0.25, -0.2) is 4.79 Å². The maximum Gasteiger partial charge on any atom is 0.336 e. The van der Waals surface area contributed by atoms with E-state index >= 15 is 0 Å². The van der Waals surface area contributed by atoms with Gasteiger partial charge in [0, 0.05) is 18.3 Å². The van der Waals surface area contributed by atoms with E-state index < -0.39 is 12.1 Å². The molecule has 0 bridgehead atoms. The van der Waals surface area contributed by atoms with Crippen LogP contribution in [-0.2, 0) is 19.1 Å². The summed E-state index contributed by atoms with van der Waals surface area (Å²) in [5, 5.41) is 0. The summed E-state index contributed by atoms with van der Waals surface area (Å²) in [6.45, 7) is 2.85. The number of nitrogens with zero attached hydrogens (tertiary/aromatic N) is 1. The van der Waals surface area contributed by atoms with E-state index in [1.807, 2.05) is 0 Å². The van der Waals surface area contributed by atoms with Crippen LogP contribution in [0.2, 0.25) is 0 Å². The van der Waals surface area contributed by atoms with Gasteiger partial charge in [-0.1, -0.05) is 6.92 Å². The van der Waals surface area contributed by atoms with Crippen molar-refractivity contribution in [3.05, 3.63) is 0 Å². The van der Waals surface area contributed by atoms with Crippen LogP contribution in [0.25, 0.3) is 0 Å². The van der Waals surface area contributed by atoms with Gasteiger partial charge < -0.3 is 14.4 Å². The van der Waals surface area contributed by atoms with Crippen molar-refractivity contribution < 1.29 is 19.1 Å². The van der Waals surface area contributed by atoms with Crippen LogP contribution in [0.4, 0.5) is 0 Å². The molecule has 0 saturated carbocycles. The molecule has 1 aliphatic heterocycles. The summed E-state index contributed by atoms with van der Waals surface area (Å²) in [5.74, 6) is -0.458. The highest BCUT2D eigenvalue weighted by atomic mass is 35.5. The van der Waals surface area contributed by atoms with Crippen molar-refractivity contribution in [2.75, 3.05) is 32.7 Å². The summed E-state index contributed by atoms with van der Waals surface area (Å²) in [5.41, 5.74) is 0. The van der Waals surface area contributed by atoms with Gasteiger partial charge in [0.15, 0.2) is 6.10 Å². The Morgan fingerprint density at radius 1 is 1.62 bits per heavy atom. The normalized spacial score (nSPS) is 22.7. The highest BCUT2D eigenvalue weighted by molar-refractivity contribution is 6.19. The van der Waals surface area contributed by atoms with Gasteiger partial charge in [-0.2, -0.15) is 0 Å². The van der Waals surface area contributed by atoms with Crippen molar-refractivity contribution in [3.63, 3.8) is 0 Å². The minimum absolute atomic E-state index is 0.0489. The fraction of sp³-hybridized carbons (Fsp3) is 0.800. The Hall–Kier alpha value is -0.810. The van der Waals surface area contributed by atoms with Gasteiger partial charge >= 0.3 is 5.97 Å². The van der Waals surface area contributed by atoms with Crippen molar-refractivity contribution in [1.82, 2.24) is 4.90 Å². The fourth-order valence-electron chi connectivity index (χ4n) is 1.50. The van der Waals surface area contributed by atoms with Crippen LogP contribution < -0.4 is 0 Å². The molecule has 1 amide bonds. The van der Waals surface area contributed by atoms with Crippen molar-refractivity contribution in [2.45, 2.75) is 13.0 Å². The van der Waals surface area contributed by atoms with Gasteiger partial charge in [-0.3, -0.25) is 4.79 Å². The predicted molar refractivity (Wildman–Crippen MR) is 58.2 cm³/mol. The lowest BCUT2D eigenvalue weighted by atomic mass is 10.1. The molecule has 2 atom stereocenters. The summed E-state index contributed by atoms with van der Waals surface area (Å²) in [7, 11) is 1.30. The van der Waals surface area contributed by atoms with Gasteiger partial charge in [0.2, 0.25) is 5.91 Å². The average molecular weight is 250 g/mol. The molecule has 1 saturated heterocycles. The Labute approximate surface area is 99.6 Å². The largest absolute Gasteiger partial charge is 0.467 e. The minimum Gasteiger partial charge on any atom is -0.467 e. The van der Waals surface area contributed by atoms with Crippen LogP contribution >= 0.6 is 11.6 Å². The number of methoxy groups -OCH3 is 1. The van der Waals surface area contributed by atoms with Crippen molar-refractivity contribution in [3.8, 4) is 0 Å². The lowest BCUT2D eigenvalue weighted by Crippen LogP contribution is -2.50. The number of esters is 1. The number of rotatable bonds is 3. The molecular weight excluding hydrogens is 234 g/mol. The molecule has 1 rings (SSSR count). The number of hydrogen-bond donors (Lipinski definition) is 0. The second kappa shape index (κ2) is 6.06. The third-order valence-electron chi connectivity index (χ3n) is 2.50. The van der Waals surface area contributed by atoms with Gasteiger partial charge in [-0.05, 0) is 0 Å². The lowest BCUT2D eigenvalue weighted by Gasteiger charge is -2.32. The number of carbonyl (C=O) groups excluding carboxylic acids is 2. The first-order chi connectivity index (χ1) is 7.60. The summed E-state index contributed by atoms with van der Waals surface area (Å²) in [6, 6.07) is 0. The standard InChI is InChI=1S/C10H16ClNO4/c1-7(5-11)9(13)12-3-4-16-8(6-12)10(14)15-2/h7-8H,3-6H2,1-2H3. The van der Waals surface area contributed by atoms with Crippen molar-refractivity contribution >= 4 is 23.5 Å². The third kappa shape index (κ3) is 3.09. The second-order valence-corrected chi connectivity index (χ2v) is 4.03. The first-order valence-corrected chi connectivity index (χ1v) is 5.67. The molecule has 2 unspecified atom stereocenters. The number of amides is 1. The fourth-order valence-corrected chi connectivity index (χ4v) is 1.63. The maximum atomic E-state index is 11.8. The highest BCUT2D eigenvalue weighted by Crippen LogP contribution is 2.11. The molecule has 0 N–H and O–H groups in total. The molecule has 1 heterocycles. The van der Waals surface area contributed by atoms with Crippen LogP contribution in [0.5, 0.6) is 0 Å². The Kier molecular flexibility index (Phi) is 5.02. The molecule has 1 aliphatic rings. The molecule has 0 spiro atoms. The molecule has 0 aromatic heterocycles. The number of hydrogen-bond acceptors (Lipinski definition) is 4. The first kappa shape index (κ1) is 13.3. The molecule has 0 aromatic carbocycles. The SMILES string of the molecule is COC(=O)C1CN(C(=O)C(C)CCl)CCO1. The molecule has 0 aliphatic carbocycles. The quantitative estimate of drug-likeness (QED) is 0.532. The molecule has 16 heavy (non-hydrogen) atoms. The zero-order valence-electron chi connectivity index (χ0n) is 9.44. The molecule has 0 radical (unpaired) electrons. The van der Waals surface area contributed by atoms with Crippen LogP contribution in [-0.4, -0.2) is 55.6 Å². The van der Waals surface area contributed by atoms with E-state index in [9.17, 15) is 9.59 Å². The summed E-state index contributed by atoms with van der Waals surface area (Å²) in [4.78, 5) is 24.7. The van der Waals surface area contributed by atoms with Crippen LogP contribution in [0, 0.1) is 5.92 Å². The second-order valence-electron chi connectivity index (χ2n) is 3.72. The van der Waals surface area contributed by atoms with Gasteiger partial charge in [0.1, 0.15) is 0 Å². The average Bonchev–Trinajstić information content (AvgIpc) is 2.36. The van der Waals surface area contributed by atoms with E-state index in [4.69, 9.17) is 16.3 Å². The summed E-state index contributed by atoms with van der Waals surface area (Å²) in [6.07, 6.45) is -0.676. The Balaban J connectivity index is 2.56. The number of ether oxygens (including phenoxy) is 2. The van der Waals surface area contributed by atoms with E-state index in [1.165, 1.54) is 7.11 Å². The topological polar surface area (TPSA) is 55.8 Å². The van der Waals surface area contributed by atoms with Crippen LogP contribution in [0.1, 0.15) is 6.92 Å². The molecule has 92 valence electrons. The van der Waals surface area contributed by atoms with Gasteiger partial charge in [0.25, 0.3) is 0 Å². The van der Waals surface area contributed by atoms with E-state index in [-0.39, 0.29) is 24.2 Å². The first-order valence-electron chi connectivity index (χ1n) is 5.14. The van der Waals surface area contributed by atoms with Crippen molar-refractivity contribution in [1.29, 1.82) is 0 Å². The van der Waals surface area contributed by atoms with Gasteiger partial charge in [-0.15, -0.1) is 11.6 Å². The molecule has 6 heteroatoms.